The lowest BCUT2D eigenvalue weighted by Crippen LogP contribution is -2.46. The normalized spacial score (nSPS) is 15.7. The second-order valence-corrected chi connectivity index (χ2v) is 9.58. The molecule has 7 heteroatoms. The van der Waals surface area contributed by atoms with Crippen molar-refractivity contribution in [2.24, 2.45) is 5.92 Å². The molecule has 2 aromatic rings. The number of hydrogen-bond donors (Lipinski definition) is 1. The van der Waals surface area contributed by atoms with Crippen molar-refractivity contribution in [2.75, 3.05) is 40.5 Å². The Labute approximate surface area is 215 Å². The average Bonchev–Trinajstić information content (AvgIpc) is 2.92. The molecule has 1 aliphatic rings. The zero-order valence-corrected chi connectivity index (χ0v) is 22.0. The molecule has 0 aliphatic carbocycles. The van der Waals surface area contributed by atoms with Crippen LogP contribution < -0.4 is 19.5 Å². The Kier molecular flexibility index (Phi) is 10.0. The molecular formula is C29H39N3O4. The number of nitriles is 1. The largest absolute Gasteiger partial charge is 0.493 e. The number of carbonyl (C=O) groups is 1. The van der Waals surface area contributed by atoms with Gasteiger partial charge in [-0.2, -0.15) is 5.26 Å². The lowest BCUT2D eigenvalue weighted by atomic mass is 9.69. The number of para-hydroxylation sites is 1. The molecule has 0 aromatic heterocycles. The molecule has 3 rings (SSSR count). The Hall–Kier alpha value is -3.24. The van der Waals surface area contributed by atoms with Crippen LogP contribution in [0.15, 0.2) is 48.5 Å². The van der Waals surface area contributed by atoms with E-state index in [1.54, 1.807) is 14.2 Å². The van der Waals surface area contributed by atoms with Crippen LogP contribution in [0.1, 0.15) is 45.1 Å². The van der Waals surface area contributed by atoms with E-state index in [2.05, 4.69) is 11.4 Å². The summed E-state index contributed by atoms with van der Waals surface area (Å²) in [6.07, 6.45) is 2.63. The van der Waals surface area contributed by atoms with Crippen LogP contribution in [0.2, 0.25) is 0 Å². The first-order chi connectivity index (χ1) is 17.4. The van der Waals surface area contributed by atoms with Crippen LogP contribution in [0.5, 0.6) is 17.2 Å². The number of nitrogens with one attached hydrogen (secondary N) is 1. The number of likely N-dealkylation sites (tertiary alicyclic amines) is 1. The van der Waals surface area contributed by atoms with Crippen molar-refractivity contribution < 1.29 is 19.0 Å². The first-order valence-corrected chi connectivity index (χ1v) is 12.8. The maximum absolute atomic E-state index is 13.1. The van der Waals surface area contributed by atoms with E-state index < -0.39 is 5.41 Å². The highest BCUT2D eigenvalue weighted by Crippen LogP contribution is 2.40. The third kappa shape index (κ3) is 6.70. The van der Waals surface area contributed by atoms with E-state index in [9.17, 15) is 10.1 Å². The molecule has 1 aliphatic heterocycles. The van der Waals surface area contributed by atoms with Gasteiger partial charge in [0.1, 0.15) is 12.4 Å². The minimum atomic E-state index is -0.784. The van der Waals surface area contributed by atoms with Crippen molar-refractivity contribution in [2.45, 2.75) is 51.0 Å². The minimum absolute atomic E-state index is 0.0291. The highest BCUT2D eigenvalue weighted by atomic mass is 16.5. The van der Waals surface area contributed by atoms with Crippen LogP contribution in [0.25, 0.3) is 0 Å². The third-order valence-electron chi connectivity index (χ3n) is 7.21. The lowest BCUT2D eigenvalue weighted by molar-refractivity contribution is -0.132. The molecule has 0 spiro atoms. The number of hydrogen-bond acceptors (Lipinski definition) is 6. The lowest BCUT2D eigenvalue weighted by Gasteiger charge is -2.35. The van der Waals surface area contributed by atoms with Gasteiger partial charge in [0.2, 0.25) is 5.91 Å². The first kappa shape index (κ1) is 27.3. The van der Waals surface area contributed by atoms with Gasteiger partial charge in [-0.25, -0.2) is 0 Å². The number of piperidine rings is 1. The molecule has 1 fully saturated rings. The van der Waals surface area contributed by atoms with Crippen molar-refractivity contribution in [3.8, 4) is 23.3 Å². The van der Waals surface area contributed by atoms with Gasteiger partial charge in [0, 0.05) is 32.1 Å². The molecule has 36 heavy (non-hydrogen) atoms. The van der Waals surface area contributed by atoms with E-state index >= 15 is 0 Å². The number of amides is 1. The van der Waals surface area contributed by atoms with Crippen LogP contribution in [-0.2, 0) is 10.2 Å². The van der Waals surface area contributed by atoms with Crippen LogP contribution in [0, 0.1) is 17.2 Å². The minimum Gasteiger partial charge on any atom is -0.493 e. The fourth-order valence-corrected chi connectivity index (χ4v) is 4.87. The van der Waals surface area contributed by atoms with E-state index in [0.29, 0.717) is 37.0 Å². The summed E-state index contributed by atoms with van der Waals surface area (Å²) in [5, 5.41) is 13.8. The van der Waals surface area contributed by atoms with Crippen LogP contribution >= 0.6 is 0 Å². The zero-order valence-electron chi connectivity index (χ0n) is 22.0. The van der Waals surface area contributed by atoms with Crippen LogP contribution in [-0.4, -0.2) is 57.3 Å². The van der Waals surface area contributed by atoms with Crippen molar-refractivity contribution in [3.63, 3.8) is 0 Å². The molecule has 1 saturated heterocycles. The predicted molar refractivity (Wildman–Crippen MR) is 140 cm³/mol. The monoisotopic (exact) mass is 493 g/mol. The quantitative estimate of drug-likeness (QED) is 0.437. The second-order valence-electron chi connectivity index (χ2n) is 9.58. The Morgan fingerprint density at radius 3 is 2.42 bits per heavy atom. The topological polar surface area (TPSA) is 83.8 Å². The average molecular weight is 494 g/mol. The van der Waals surface area contributed by atoms with E-state index in [1.165, 1.54) is 0 Å². The van der Waals surface area contributed by atoms with Gasteiger partial charge in [-0.3, -0.25) is 4.79 Å². The molecule has 1 N–H and O–H groups in total. The molecule has 0 bridgehead atoms. The Balaban J connectivity index is 1.50. The fourth-order valence-electron chi connectivity index (χ4n) is 4.87. The summed E-state index contributed by atoms with van der Waals surface area (Å²) in [5.74, 6) is 2.23. The fraction of sp³-hybridized carbons (Fsp3) is 0.517. The molecule has 0 radical (unpaired) electrons. The van der Waals surface area contributed by atoms with Gasteiger partial charge in [0.15, 0.2) is 11.5 Å². The smallest absolute Gasteiger partial charge is 0.222 e. The van der Waals surface area contributed by atoms with Crippen molar-refractivity contribution in [1.82, 2.24) is 10.2 Å². The molecule has 194 valence electrons. The van der Waals surface area contributed by atoms with E-state index in [0.717, 1.165) is 43.8 Å². The van der Waals surface area contributed by atoms with Crippen molar-refractivity contribution >= 4 is 5.91 Å². The number of ether oxygens (including phenoxy) is 3. The Morgan fingerprint density at radius 1 is 1.11 bits per heavy atom. The van der Waals surface area contributed by atoms with Crippen LogP contribution in [0.3, 0.4) is 0 Å². The van der Waals surface area contributed by atoms with Crippen LogP contribution in [0.4, 0.5) is 0 Å². The Morgan fingerprint density at radius 2 is 1.81 bits per heavy atom. The number of benzene rings is 2. The molecule has 2 aromatic carbocycles. The van der Waals surface area contributed by atoms with Gasteiger partial charge >= 0.3 is 0 Å². The maximum atomic E-state index is 13.1. The standard InChI is InChI=1S/C29H39N3O4/c1-22(2)29(21-30,23-10-11-26(34-3)27(20-23)35-4)15-12-28(33)32-17-13-24(14-18-32)31-16-19-36-25-8-6-5-7-9-25/h5-11,20,22,24,31H,12-19H2,1-4H3. The summed E-state index contributed by atoms with van der Waals surface area (Å²) in [7, 11) is 3.18. The maximum Gasteiger partial charge on any atom is 0.222 e. The highest BCUT2D eigenvalue weighted by Gasteiger charge is 2.37. The summed E-state index contributed by atoms with van der Waals surface area (Å²) >= 11 is 0. The summed E-state index contributed by atoms with van der Waals surface area (Å²) in [6.45, 7) is 6.91. The van der Waals surface area contributed by atoms with Crippen molar-refractivity contribution in [1.29, 1.82) is 5.26 Å². The highest BCUT2D eigenvalue weighted by molar-refractivity contribution is 5.76. The summed E-state index contributed by atoms with van der Waals surface area (Å²) in [6, 6.07) is 18.3. The first-order valence-electron chi connectivity index (χ1n) is 12.8. The number of nitrogens with zero attached hydrogens (tertiary/aromatic N) is 2. The number of rotatable bonds is 12. The Bertz CT molecular complexity index is 1010. The van der Waals surface area contributed by atoms with E-state index in [-0.39, 0.29) is 11.8 Å². The zero-order chi connectivity index (χ0) is 26.0. The predicted octanol–water partition coefficient (Wildman–Crippen LogP) is 4.56. The van der Waals surface area contributed by atoms with E-state index in [4.69, 9.17) is 14.2 Å². The van der Waals surface area contributed by atoms with Gasteiger partial charge in [0.25, 0.3) is 0 Å². The molecule has 1 amide bonds. The SMILES string of the molecule is COc1ccc(C(C#N)(CCC(=O)N2CCC(NCCOc3ccccc3)CC2)C(C)C)cc1OC. The molecule has 0 saturated carbocycles. The third-order valence-corrected chi connectivity index (χ3v) is 7.21. The summed E-state index contributed by atoms with van der Waals surface area (Å²) in [5.41, 5.74) is 0.0690. The number of methoxy groups -OCH3 is 2. The van der Waals surface area contributed by atoms with E-state index in [1.807, 2.05) is 67.3 Å². The molecule has 1 heterocycles. The molecule has 7 nitrogen and oxygen atoms in total. The number of carbonyl (C=O) groups excluding carboxylic acids is 1. The molecule has 1 unspecified atom stereocenters. The van der Waals surface area contributed by atoms with Gasteiger partial charge in [-0.1, -0.05) is 38.1 Å². The molecular weight excluding hydrogens is 454 g/mol. The van der Waals surface area contributed by atoms with Crippen molar-refractivity contribution in [3.05, 3.63) is 54.1 Å². The second kappa shape index (κ2) is 13.2. The van der Waals surface area contributed by atoms with Gasteiger partial charge in [-0.05, 0) is 55.0 Å². The van der Waals surface area contributed by atoms with Gasteiger partial charge in [0.05, 0.1) is 25.7 Å². The summed E-state index contributed by atoms with van der Waals surface area (Å²) in [4.78, 5) is 15.0. The van der Waals surface area contributed by atoms with Gasteiger partial charge < -0.3 is 24.4 Å². The summed E-state index contributed by atoms with van der Waals surface area (Å²) < 4.78 is 16.6. The molecule has 1 atom stereocenters. The van der Waals surface area contributed by atoms with Gasteiger partial charge in [-0.15, -0.1) is 0 Å².